The van der Waals surface area contributed by atoms with Crippen molar-refractivity contribution in [2.75, 3.05) is 18.5 Å². The SMILES string of the molecule is CCOC(=O)c1ccc(NC(=O)/C=C(\C)c2cc3c(-c4ccccc4)coc3cc2OCC)cc1. The standard InChI is InChI=1S/C29H27NO5/c1-4-33-26-17-27-24(25(18-35-27)20-9-7-6-8-10-20)16-23(26)19(3)15-28(31)30-22-13-11-21(12-14-22)29(32)34-5-2/h6-18H,4-5H2,1-3H3,(H,30,31)/b19-15+. The topological polar surface area (TPSA) is 77.8 Å². The monoisotopic (exact) mass is 469 g/mol. The first-order valence-corrected chi connectivity index (χ1v) is 11.5. The number of esters is 1. The van der Waals surface area contributed by atoms with Crippen LogP contribution in [0, 0.1) is 0 Å². The first kappa shape index (κ1) is 23.8. The molecule has 4 rings (SSSR count). The van der Waals surface area contributed by atoms with E-state index < -0.39 is 5.97 Å². The Morgan fingerprint density at radius 1 is 0.971 bits per heavy atom. The normalized spacial score (nSPS) is 11.3. The van der Waals surface area contributed by atoms with Crippen LogP contribution in [0.5, 0.6) is 5.75 Å². The molecule has 0 radical (unpaired) electrons. The van der Waals surface area contributed by atoms with E-state index in [-0.39, 0.29) is 5.91 Å². The van der Waals surface area contributed by atoms with E-state index in [0.717, 1.165) is 33.2 Å². The molecule has 3 aromatic carbocycles. The van der Waals surface area contributed by atoms with Crippen LogP contribution in [0.15, 0.2) is 83.5 Å². The zero-order valence-corrected chi connectivity index (χ0v) is 20.0. The molecule has 0 fully saturated rings. The van der Waals surface area contributed by atoms with E-state index >= 15 is 0 Å². The van der Waals surface area contributed by atoms with E-state index in [4.69, 9.17) is 13.9 Å². The predicted octanol–water partition coefficient (Wildman–Crippen LogP) is 6.72. The molecular formula is C29H27NO5. The van der Waals surface area contributed by atoms with E-state index in [1.807, 2.05) is 56.3 Å². The van der Waals surface area contributed by atoms with Gasteiger partial charge in [-0.2, -0.15) is 0 Å². The van der Waals surface area contributed by atoms with Crippen molar-refractivity contribution in [1.29, 1.82) is 0 Å². The van der Waals surface area contributed by atoms with E-state index in [9.17, 15) is 9.59 Å². The lowest BCUT2D eigenvalue weighted by atomic mass is 9.99. The molecule has 0 saturated carbocycles. The van der Waals surface area contributed by atoms with E-state index in [0.29, 0.717) is 30.2 Å². The second-order valence-corrected chi connectivity index (χ2v) is 7.91. The van der Waals surface area contributed by atoms with Crippen LogP contribution in [-0.4, -0.2) is 25.1 Å². The zero-order chi connectivity index (χ0) is 24.8. The molecule has 35 heavy (non-hydrogen) atoms. The predicted molar refractivity (Wildman–Crippen MR) is 137 cm³/mol. The van der Waals surface area contributed by atoms with Gasteiger partial charge in [-0.05, 0) is 62.2 Å². The second kappa shape index (κ2) is 10.7. The van der Waals surface area contributed by atoms with Gasteiger partial charge in [-0.1, -0.05) is 30.3 Å². The maximum atomic E-state index is 12.8. The molecule has 0 aliphatic heterocycles. The number of ether oxygens (including phenoxy) is 2. The lowest BCUT2D eigenvalue weighted by Crippen LogP contribution is -2.09. The Balaban J connectivity index is 1.61. The number of carbonyl (C=O) groups excluding carboxylic acids is 2. The number of hydrogen-bond donors (Lipinski definition) is 1. The lowest BCUT2D eigenvalue weighted by molar-refractivity contribution is -0.111. The van der Waals surface area contributed by atoms with Crippen LogP contribution in [0.2, 0.25) is 0 Å². The van der Waals surface area contributed by atoms with Crippen molar-refractivity contribution in [3.05, 3.63) is 90.2 Å². The number of fused-ring (bicyclic) bond motifs is 1. The highest BCUT2D eigenvalue weighted by Gasteiger charge is 2.15. The van der Waals surface area contributed by atoms with Gasteiger partial charge in [0.05, 0.1) is 25.0 Å². The van der Waals surface area contributed by atoms with E-state index in [1.165, 1.54) is 6.08 Å². The molecule has 0 spiro atoms. The molecular weight excluding hydrogens is 442 g/mol. The summed E-state index contributed by atoms with van der Waals surface area (Å²) in [6.07, 6.45) is 3.27. The van der Waals surface area contributed by atoms with Crippen LogP contribution in [-0.2, 0) is 9.53 Å². The molecule has 0 saturated heterocycles. The van der Waals surface area contributed by atoms with Gasteiger partial charge in [0.25, 0.3) is 0 Å². The molecule has 0 atom stereocenters. The van der Waals surface area contributed by atoms with Crippen molar-refractivity contribution < 1.29 is 23.5 Å². The maximum Gasteiger partial charge on any atom is 0.338 e. The Morgan fingerprint density at radius 2 is 1.71 bits per heavy atom. The van der Waals surface area contributed by atoms with Crippen molar-refractivity contribution >= 4 is 34.1 Å². The molecule has 1 amide bonds. The number of rotatable bonds is 8. The number of nitrogens with one attached hydrogen (secondary N) is 1. The number of hydrogen-bond acceptors (Lipinski definition) is 5. The van der Waals surface area contributed by atoms with Gasteiger partial charge >= 0.3 is 5.97 Å². The molecule has 1 heterocycles. The number of anilines is 1. The Labute approximate surface area is 204 Å². The second-order valence-electron chi connectivity index (χ2n) is 7.91. The molecule has 1 aromatic heterocycles. The molecule has 0 bridgehead atoms. The van der Waals surface area contributed by atoms with Crippen molar-refractivity contribution in [2.45, 2.75) is 20.8 Å². The van der Waals surface area contributed by atoms with Crippen LogP contribution in [0.1, 0.15) is 36.7 Å². The summed E-state index contributed by atoms with van der Waals surface area (Å²) in [7, 11) is 0. The van der Waals surface area contributed by atoms with Crippen LogP contribution < -0.4 is 10.1 Å². The average Bonchev–Trinajstić information content (AvgIpc) is 3.27. The summed E-state index contributed by atoms with van der Waals surface area (Å²) in [6.45, 7) is 6.33. The largest absolute Gasteiger partial charge is 0.493 e. The van der Waals surface area contributed by atoms with Crippen molar-refractivity contribution in [2.24, 2.45) is 0 Å². The minimum Gasteiger partial charge on any atom is -0.493 e. The third kappa shape index (κ3) is 5.44. The third-order valence-corrected chi connectivity index (χ3v) is 5.50. The van der Waals surface area contributed by atoms with E-state index in [2.05, 4.69) is 5.32 Å². The highest BCUT2D eigenvalue weighted by atomic mass is 16.5. The van der Waals surface area contributed by atoms with Crippen molar-refractivity contribution in [1.82, 2.24) is 0 Å². The summed E-state index contributed by atoms with van der Waals surface area (Å²) >= 11 is 0. The first-order chi connectivity index (χ1) is 17.0. The highest BCUT2D eigenvalue weighted by Crippen LogP contribution is 2.37. The van der Waals surface area contributed by atoms with Gasteiger partial charge in [0, 0.05) is 34.3 Å². The zero-order valence-electron chi connectivity index (χ0n) is 20.0. The van der Waals surface area contributed by atoms with Crippen LogP contribution in [0.25, 0.3) is 27.7 Å². The number of allylic oxidation sites excluding steroid dienone is 1. The van der Waals surface area contributed by atoms with Gasteiger partial charge in [-0.25, -0.2) is 4.79 Å². The molecule has 0 aliphatic carbocycles. The van der Waals surface area contributed by atoms with Crippen LogP contribution in [0.3, 0.4) is 0 Å². The molecule has 1 N–H and O–H groups in total. The molecule has 178 valence electrons. The van der Waals surface area contributed by atoms with Gasteiger partial charge in [0.2, 0.25) is 5.91 Å². The summed E-state index contributed by atoms with van der Waals surface area (Å²) in [4.78, 5) is 24.6. The summed E-state index contributed by atoms with van der Waals surface area (Å²) in [5, 5.41) is 3.78. The Bertz CT molecular complexity index is 1370. The van der Waals surface area contributed by atoms with Gasteiger partial charge in [-0.3, -0.25) is 4.79 Å². The number of benzene rings is 3. The Kier molecular flexibility index (Phi) is 7.31. The van der Waals surface area contributed by atoms with Crippen LogP contribution >= 0.6 is 0 Å². The summed E-state index contributed by atoms with van der Waals surface area (Å²) in [5.41, 5.74) is 5.31. The van der Waals surface area contributed by atoms with Crippen molar-refractivity contribution in [3.8, 4) is 16.9 Å². The molecule has 4 aromatic rings. The van der Waals surface area contributed by atoms with Crippen molar-refractivity contribution in [3.63, 3.8) is 0 Å². The maximum absolute atomic E-state index is 12.8. The fraction of sp³-hybridized carbons (Fsp3) is 0.172. The Morgan fingerprint density at radius 3 is 2.40 bits per heavy atom. The Hall–Kier alpha value is -4.32. The average molecular weight is 470 g/mol. The van der Waals surface area contributed by atoms with E-state index in [1.54, 1.807) is 37.5 Å². The molecule has 0 unspecified atom stereocenters. The lowest BCUT2D eigenvalue weighted by Gasteiger charge is -2.12. The quantitative estimate of drug-likeness (QED) is 0.229. The summed E-state index contributed by atoms with van der Waals surface area (Å²) < 4.78 is 16.7. The number of carbonyl (C=O) groups is 2. The smallest absolute Gasteiger partial charge is 0.338 e. The van der Waals surface area contributed by atoms with Gasteiger partial charge < -0.3 is 19.2 Å². The third-order valence-electron chi connectivity index (χ3n) is 5.50. The minimum atomic E-state index is -0.394. The van der Waals surface area contributed by atoms with Gasteiger partial charge in [0.15, 0.2) is 0 Å². The molecule has 6 heteroatoms. The number of furan rings is 1. The van der Waals surface area contributed by atoms with Crippen LogP contribution in [0.4, 0.5) is 5.69 Å². The summed E-state index contributed by atoms with van der Waals surface area (Å²) in [5.74, 6) is -0.0345. The summed E-state index contributed by atoms with van der Waals surface area (Å²) in [6, 6.07) is 20.4. The fourth-order valence-electron chi connectivity index (χ4n) is 3.84. The van der Waals surface area contributed by atoms with Gasteiger partial charge in [-0.15, -0.1) is 0 Å². The molecule has 0 aliphatic rings. The highest BCUT2D eigenvalue weighted by molar-refractivity contribution is 6.05. The molecule has 6 nitrogen and oxygen atoms in total. The fourth-order valence-corrected chi connectivity index (χ4v) is 3.84. The first-order valence-electron chi connectivity index (χ1n) is 11.5. The van der Waals surface area contributed by atoms with Gasteiger partial charge in [0.1, 0.15) is 11.3 Å². The minimum absolute atomic E-state index is 0.288. The number of amides is 1.